The van der Waals surface area contributed by atoms with Gasteiger partial charge in [-0.15, -0.1) is 0 Å². The number of nitrogens with two attached hydrogens (primary N) is 1. The molecular weight excluding hydrogens is 579 g/mol. The summed E-state index contributed by atoms with van der Waals surface area (Å²) in [6, 6.07) is 0. The van der Waals surface area contributed by atoms with E-state index in [9.17, 15) is 0 Å². The fourth-order valence-corrected chi connectivity index (χ4v) is 17.5. The smallest absolute Gasteiger partial charge is 0.335 e. The Morgan fingerprint density at radius 3 is 2.29 bits per heavy atom. The van der Waals surface area contributed by atoms with Gasteiger partial charge in [0.15, 0.2) is 23.8 Å². The summed E-state index contributed by atoms with van der Waals surface area (Å²) in [6.07, 6.45) is 5.69. The third-order valence-corrected chi connectivity index (χ3v) is 18.8. The molecule has 2 saturated heterocycles. The zero-order valence-electron chi connectivity index (χ0n) is 24.9. The highest BCUT2D eigenvalue weighted by Crippen LogP contribution is 2.49. The molecule has 0 aromatic carbocycles. The van der Waals surface area contributed by atoms with Gasteiger partial charge in [0.05, 0.1) is 12.9 Å². The molecule has 3 aromatic heterocycles. The molecule has 4 atom stereocenters. The number of imidazole rings is 2. The van der Waals surface area contributed by atoms with E-state index < -0.39 is 41.7 Å². The fourth-order valence-electron chi connectivity index (χ4n) is 6.07. The molecule has 0 aliphatic carbocycles. The highest BCUT2D eigenvalue weighted by Gasteiger charge is 2.62. The van der Waals surface area contributed by atoms with E-state index in [4.69, 9.17) is 40.4 Å². The highest BCUT2D eigenvalue weighted by molar-refractivity contribution is 7.80. The lowest BCUT2D eigenvalue weighted by Crippen LogP contribution is -2.66. The summed E-state index contributed by atoms with van der Waals surface area (Å²) in [5.74, 6) is 0.285. The van der Waals surface area contributed by atoms with E-state index in [-0.39, 0.29) is 33.2 Å². The molecule has 2 aliphatic heterocycles. The zero-order chi connectivity index (χ0) is 29.7. The molecule has 2 N–H and O–H groups in total. The summed E-state index contributed by atoms with van der Waals surface area (Å²) in [5, 5.41) is 0.224. The molecule has 15 heteroatoms. The second kappa shape index (κ2) is 11.4. The van der Waals surface area contributed by atoms with Gasteiger partial charge in [-0.25, -0.2) is 19.9 Å². The number of thiocarbonyl (C=S) groups is 1. The Kier molecular flexibility index (Phi) is 8.41. The van der Waals surface area contributed by atoms with Crippen LogP contribution in [0.3, 0.4) is 0 Å². The van der Waals surface area contributed by atoms with Crippen LogP contribution in [-0.4, -0.2) is 76.3 Å². The number of hydrogen-bond acceptors (Lipinski definition) is 11. The maximum atomic E-state index is 7.38. The van der Waals surface area contributed by atoms with Gasteiger partial charge in [-0.1, -0.05) is 55.4 Å². The first kappa shape index (κ1) is 30.2. The molecule has 41 heavy (non-hydrogen) atoms. The minimum Gasteiger partial charge on any atom is -0.459 e. The Bertz CT molecular complexity index is 1350. The Hall–Kier alpha value is -2.28. The summed E-state index contributed by atoms with van der Waals surface area (Å²) in [7, 11) is -5.72. The van der Waals surface area contributed by atoms with Crippen LogP contribution in [0.2, 0.25) is 22.2 Å². The van der Waals surface area contributed by atoms with Crippen molar-refractivity contribution < 1.29 is 22.4 Å². The van der Waals surface area contributed by atoms with Crippen molar-refractivity contribution >= 4 is 51.5 Å². The van der Waals surface area contributed by atoms with Gasteiger partial charge in [0.2, 0.25) is 0 Å². The molecule has 5 rings (SSSR count). The number of hydrogen-bond donors (Lipinski definition) is 1. The third-order valence-electron chi connectivity index (χ3n) is 8.23. The predicted molar refractivity (Wildman–Crippen MR) is 163 cm³/mol. The van der Waals surface area contributed by atoms with E-state index in [1.54, 1.807) is 29.6 Å². The largest absolute Gasteiger partial charge is 0.459 e. The predicted octanol–water partition coefficient (Wildman–Crippen LogP) is 4.68. The number of aromatic nitrogens is 6. The van der Waals surface area contributed by atoms with E-state index in [0.717, 1.165) is 0 Å². The van der Waals surface area contributed by atoms with E-state index in [0.29, 0.717) is 17.8 Å². The second-order valence-electron chi connectivity index (χ2n) is 12.0. The number of rotatable bonds is 6. The lowest BCUT2D eigenvalue weighted by molar-refractivity contribution is -0.0565. The quantitative estimate of drug-likeness (QED) is 0.305. The van der Waals surface area contributed by atoms with Gasteiger partial charge in [0, 0.05) is 12.4 Å². The van der Waals surface area contributed by atoms with Crippen molar-refractivity contribution in [1.29, 1.82) is 0 Å². The normalized spacial score (nSPS) is 26.0. The average molecular weight is 620 g/mol. The van der Waals surface area contributed by atoms with Crippen molar-refractivity contribution in [3.63, 3.8) is 0 Å². The van der Waals surface area contributed by atoms with Crippen LogP contribution in [0.15, 0.2) is 31.4 Å². The van der Waals surface area contributed by atoms with Crippen LogP contribution in [0.1, 0.15) is 61.6 Å². The van der Waals surface area contributed by atoms with Crippen molar-refractivity contribution in [2.45, 2.75) is 102 Å². The molecule has 0 saturated carbocycles. The molecule has 12 nitrogen and oxygen atoms in total. The SMILES string of the molecule is CC(C)[Si]1(C(C)C)OCC2OC(n3cnc4c(N)ncnc43)C(OC(=S)n3ccnc3)C2O[Si](C(C)C)(C(C)C)O1. The zero-order valence-corrected chi connectivity index (χ0v) is 27.7. The van der Waals surface area contributed by atoms with Crippen LogP contribution in [-0.2, 0) is 22.4 Å². The standard InChI is InChI=1S/C26H41N7O5SSi2/c1-15(2)40(16(3)4)34-11-19-21(37-41(38-40,17(5)6)18(7)8)22(36-26(39)32-10-9-28-13-32)25(35-19)33-14-31-20-23(27)29-12-30-24(20)33/h9-10,12-19,21-22,25H,11H2,1-8H3,(H2,27,29,30). The molecule has 2 fully saturated rings. The molecule has 2 aliphatic rings. The maximum absolute atomic E-state index is 7.38. The van der Waals surface area contributed by atoms with Gasteiger partial charge < -0.3 is 28.2 Å². The molecule has 4 unspecified atom stereocenters. The third kappa shape index (κ3) is 5.15. The molecule has 5 heterocycles. The minimum absolute atomic E-state index is 0.135. The Balaban J connectivity index is 1.63. The lowest BCUT2D eigenvalue weighted by atomic mass is 10.1. The Morgan fingerprint density at radius 2 is 1.68 bits per heavy atom. The summed E-state index contributed by atoms with van der Waals surface area (Å²) in [5.41, 5.74) is 7.82. The van der Waals surface area contributed by atoms with Crippen LogP contribution in [0.5, 0.6) is 0 Å². The number of nitrogen functional groups attached to an aromatic ring is 1. The topological polar surface area (TPSA) is 134 Å². The average Bonchev–Trinajstić information content (AvgIpc) is 3.64. The summed E-state index contributed by atoms with van der Waals surface area (Å²) < 4.78 is 38.4. The Labute approximate surface area is 248 Å². The van der Waals surface area contributed by atoms with Crippen molar-refractivity contribution in [3.8, 4) is 0 Å². The van der Waals surface area contributed by atoms with Gasteiger partial charge in [-0.05, 0) is 34.4 Å². The fraction of sp³-hybridized carbons (Fsp3) is 0.654. The molecule has 0 spiro atoms. The molecule has 224 valence electrons. The van der Waals surface area contributed by atoms with Gasteiger partial charge in [-0.3, -0.25) is 9.13 Å². The molecule has 0 radical (unpaired) electrons. The van der Waals surface area contributed by atoms with E-state index in [1.807, 2.05) is 4.57 Å². The first-order valence-corrected chi connectivity index (χ1v) is 18.6. The van der Waals surface area contributed by atoms with Gasteiger partial charge in [0.25, 0.3) is 5.17 Å². The van der Waals surface area contributed by atoms with Crippen molar-refractivity contribution in [3.05, 3.63) is 31.4 Å². The summed E-state index contributed by atoms with van der Waals surface area (Å²) in [6.45, 7) is 17.8. The van der Waals surface area contributed by atoms with Crippen molar-refractivity contribution in [2.24, 2.45) is 0 Å². The second-order valence-corrected chi connectivity index (χ2v) is 21.2. The van der Waals surface area contributed by atoms with Crippen LogP contribution >= 0.6 is 12.2 Å². The van der Waals surface area contributed by atoms with E-state index in [2.05, 4.69) is 75.3 Å². The molecule has 0 amide bonds. The number of ether oxygens (including phenoxy) is 2. The highest BCUT2D eigenvalue weighted by atomic mass is 32.1. The van der Waals surface area contributed by atoms with Gasteiger partial charge in [0.1, 0.15) is 30.4 Å². The van der Waals surface area contributed by atoms with E-state index in [1.165, 1.54) is 6.33 Å². The maximum Gasteiger partial charge on any atom is 0.335 e. The monoisotopic (exact) mass is 619 g/mol. The van der Waals surface area contributed by atoms with Gasteiger partial charge in [-0.2, -0.15) is 0 Å². The number of anilines is 1. The van der Waals surface area contributed by atoms with Crippen molar-refractivity contribution in [2.75, 3.05) is 12.3 Å². The van der Waals surface area contributed by atoms with Crippen LogP contribution < -0.4 is 5.73 Å². The van der Waals surface area contributed by atoms with Crippen LogP contribution in [0.25, 0.3) is 11.2 Å². The molecular formula is C26H41N7O5SSi2. The molecule has 0 bridgehead atoms. The molecule has 3 aromatic rings. The number of nitrogens with zero attached hydrogens (tertiary/aromatic N) is 6. The Morgan fingerprint density at radius 1 is 1.00 bits per heavy atom. The first-order chi connectivity index (χ1) is 19.4. The van der Waals surface area contributed by atoms with Crippen LogP contribution in [0.4, 0.5) is 5.82 Å². The minimum atomic E-state index is -2.96. The van der Waals surface area contributed by atoms with E-state index >= 15 is 0 Å². The van der Waals surface area contributed by atoms with Crippen LogP contribution in [0, 0.1) is 0 Å². The first-order valence-electron chi connectivity index (χ1n) is 14.2. The lowest BCUT2D eigenvalue weighted by Gasteiger charge is -2.51. The van der Waals surface area contributed by atoms with Gasteiger partial charge >= 0.3 is 17.1 Å². The summed E-state index contributed by atoms with van der Waals surface area (Å²) in [4.78, 5) is 17.2. The number of fused-ring (bicyclic) bond motifs is 2. The van der Waals surface area contributed by atoms with Crippen molar-refractivity contribution in [1.82, 2.24) is 29.1 Å². The summed E-state index contributed by atoms with van der Waals surface area (Å²) >= 11 is 5.70.